The summed E-state index contributed by atoms with van der Waals surface area (Å²) < 4.78 is 31.9. The molecule has 1 atom stereocenters. The quantitative estimate of drug-likeness (QED) is 0.556. The monoisotopic (exact) mass is 350 g/mol. The number of rotatable bonds is 10. The van der Waals surface area contributed by atoms with Crippen LogP contribution in [-0.2, 0) is 10.0 Å². The first-order valence-electron chi connectivity index (χ1n) is 7.69. The lowest BCUT2D eigenvalue weighted by Gasteiger charge is -2.13. The third-order valence-electron chi connectivity index (χ3n) is 3.21. The predicted octanol–water partition coefficient (Wildman–Crippen LogP) is 0.994. The van der Waals surface area contributed by atoms with Gasteiger partial charge in [-0.3, -0.25) is 0 Å². The summed E-state index contributed by atoms with van der Waals surface area (Å²) in [5.41, 5.74) is 0. The summed E-state index contributed by atoms with van der Waals surface area (Å²) in [4.78, 5) is 0.237. The number of sulfonamides is 1. The van der Waals surface area contributed by atoms with Gasteiger partial charge in [0.1, 0.15) is 18.5 Å². The van der Waals surface area contributed by atoms with Crippen LogP contribution in [0.1, 0.15) is 0 Å². The maximum absolute atomic E-state index is 12.0. The van der Waals surface area contributed by atoms with Gasteiger partial charge in [0, 0.05) is 19.6 Å². The third kappa shape index (κ3) is 6.29. The molecular formula is C17H22N2O4S. The molecule has 7 heteroatoms. The average molecular weight is 350 g/mol. The Balaban J connectivity index is 1.61. The lowest BCUT2D eigenvalue weighted by Crippen LogP contribution is -2.37. The summed E-state index contributed by atoms with van der Waals surface area (Å²) >= 11 is 0. The van der Waals surface area contributed by atoms with Crippen molar-refractivity contribution in [2.75, 3.05) is 26.2 Å². The molecule has 0 fully saturated rings. The van der Waals surface area contributed by atoms with Crippen LogP contribution in [0.2, 0.25) is 0 Å². The van der Waals surface area contributed by atoms with Crippen LogP contribution >= 0.6 is 0 Å². The van der Waals surface area contributed by atoms with Crippen LogP contribution in [-0.4, -0.2) is 45.9 Å². The molecule has 0 aromatic heterocycles. The molecule has 24 heavy (non-hydrogen) atoms. The van der Waals surface area contributed by atoms with E-state index >= 15 is 0 Å². The van der Waals surface area contributed by atoms with Crippen LogP contribution in [0, 0.1) is 0 Å². The second-order valence-electron chi connectivity index (χ2n) is 5.19. The lowest BCUT2D eigenvalue weighted by molar-refractivity contribution is 0.107. The Hall–Kier alpha value is -1.93. The highest BCUT2D eigenvalue weighted by Gasteiger charge is 2.12. The summed E-state index contributed by atoms with van der Waals surface area (Å²) in [6.45, 7) is 1.14. The molecule has 6 nitrogen and oxygen atoms in total. The van der Waals surface area contributed by atoms with Gasteiger partial charge in [0.25, 0.3) is 0 Å². The molecule has 0 saturated carbocycles. The SMILES string of the molecule is O=S(=O)(NCCNC[C@@H](O)COc1ccccc1)c1ccccc1. The fourth-order valence-electron chi connectivity index (χ4n) is 1.99. The zero-order valence-electron chi connectivity index (χ0n) is 13.3. The Morgan fingerprint density at radius 2 is 1.58 bits per heavy atom. The van der Waals surface area contributed by atoms with Crippen molar-refractivity contribution >= 4 is 10.0 Å². The number of aliphatic hydroxyl groups excluding tert-OH is 1. The van der Waals surface area contributed by atoms with E-state index in [1.54, 1.807) is 30.3 Å². The molecule has 2 aromatic rings. The van der Waals surface area contributed by atoms with E-state index in [1.807, 2.05) is 30.3 Å². The second kappa shape index (κ2) is 9.39. The van der Waals surface area contributed by atoms with Crippen molar-refractivity contribution in [1.82, 2.24) is 10.0 Å². The topological polar surface area (TPSA) is 87.7 Å². The Bertz CT molecular complexity index is 693. The molecule has 0 heterocycles. The van der Waals surface area contributed by atoms with Crippen LogP contribution < -0.4 is 14.8 Å². The number of benzene rings is 2. The van der Waals surface area contributed by atoms with Gasteiger partial charge < -0.3 is 15.2 Å². The minimum Gasteiger partial charge on any atom is -0.491 e. The van der Waals surface area contributed by atoms with Crippen molar-refractivity contribution in [1.29, 1.82) is 0 Å². The van der Waals surface area contributed by atoms with Crippen molar-refractivity contribution in [3.63, 3.8) is 0 Å². The Kier molecular flexibility index (Phi) is 7.20. The van der Waals surface area contributed by atoms with E-state index in [1.165, 1.54) is 0 Å². The zero-order valence-corrected chi connectivity index (χ0v) is 14.1. The Morgan fingerprint density at radius 1 is 0.958 bits per heavy atom. The molecule has 0 bridgehead atoms. The predicted molar refractivity (Wildman–Crippen MR) is 92.4 cm³/mol. The molecule has 0 aliphatic heterocycles. The first-order chi connectivity index (χ1) is 11.6. The maximum Gasteiger partial charge on any atom is 0.240 e. The van der Waals surface area contributed by atoms with Gasteiger partial charge in [-0.1, -0.05) is 36.4 Å². The number of hydrogen-bond donors (Lipinski definition) is 3. The third-order valence-corrected chi connectivity index (χ3v) is 4.69. The smallest absolute Gasteiger partial charge is 0.240 e. The number of ether oxygens (including phenoxy) is 1. The van der Waals surface area contributed by atoms with E-state index in [4.69, 9.17) is 4.74 Å². The first-order valence-corrected chi connectivity index (χ1v) is 9.17. The fourth-order valence-corrected chi connectivity index (χ4v) is 3.05. The number of para-hydroxylation sites is 1. The van der Waals surface area contributed by atoms with E-state index in [-0.39, 0.29) is 18.0 Å². The molecule has 0 amide bonds. The standard InChI is InChI=1S/C17H22N2O4S/c20-15(14-23-16-7-3-1-4-8-16)13-18-11-12-19-24(21,22)17-9-5-2-6-10-17/h1-10,15,18-20H,11-14H2/t15-/m1/s1. The van der Waals surface area contributed by atoms with Gasteiger partial charge >= 0.3 is 0 Å². The van der Waals surface area contributed by atoms with Gasteiger partial charge in [-0.2, -0.15) is 0 Å². The highest BCUT2D eigenvalue weighted by atomic mass is 32.2. The number of aliphatic hydroxyl groups is 1. The first kappa shape index (κ1) is 18.4. The van der Waals surface area contributed by atoms with Crippen LogP contribution in [0.15, 0.2) is 65.6 Å². The summed E-state index contributed by atoms with van der Waals surface area (Å²) in [5.74, 6) is 0.701. The molecular weight excluding hydrogens is 328 g/mol. The van der Waals surface area contributed by atoms with Gasteiger partial charge in [0.15, 0.2) is 0 Å². The van der Waals surface area contributed by atoms with Gasteiger partial charge in [-0.25, -0.2) is 13.1 Å². The second-order valence-corrected chi connectivity index (χ2v) is 6.96. The van der Waals surface area contributed by atoms with Crippen molar-refractivity contribution in [2.45, 2.75) is 11.0 Å². The van der Waals surface area contributed by atoms with E-state index < -0.39 is 16.1 Å². The van der Waals surface area contributed by atoms with Crippen molar-refractivity contribution in [3.05, 3.63) is 60.7 Å². The van der Waals surface area contributed by atoms with Gasteiger partial charge in [-0.15, -0.1) is 0 Å². The molecule has 3 N–H and O–H groups in total. The van der Waals surface area contributed by atoms with Crippen molar-refractivity contribution in [3.8, 4) is 5.75 Å². The Morgan fingerprint density at radius 3 is 2.25 bits per heavy atom. The summed E-state index contributed by atoms with van der Waals surface area (Å²) in [5, 5.41) is 12.8. The molecule has 0 spiro atoms. The number of hydrogen-bond acceptors (Lipinski definition) is 5. The van der Waals surface area contributed by atoms with Gasteiger partial charge in [-0.05, 0) is 24.3 Å². The molecule has 0 unspecified atom stereocenters. The van der Waals surface area contributed by atoms with Crippen LogP contribution in [0.3, 0.4) is 0 Å². The molecule has 2 aromatic carbocycles. The molecule has 0 radical (unpaired) electrons. The summed E-state index contributed by atoms with van der Waals surface area (Å²) in [6.07, 6.45) is -0.670. The molecule has 0 saturated heterocycles. The van der Waals surface area contributed by atoms with E-state index in [2.05, 4.69) is 10.0 Å². The van der Waals surface area contributed by atoms with Crippen molar-refractivity contribution < 1.29 is 18.3 Å². The van der Waals surface area contributed by atoms with E-state index in [0.717, 1.165) is 0 Å². The Labute approximate surface area is 142 Å². The number of nitrogens with one attached hydrogen (secondary N) is 2. The molecule has 130 valence electrons. The van der Waals surface area contributed by atoms with Crippen LogP contribution in [0.5, 0.6) is 5.75 Å². The normalized spacial score (nSPS) is 12.7. The minimum absolute atomic E-state index is 0.173. The van der Waals surface area contributed by atoms with Gasteiger partial charge in [0.05, 0.1) is 4.90 Å². The molecule has 0 aliphatic carbocycles. The van der Waals surface area contributed by atoms with Crippen molar-refractivity contribution in [2.24, 2.45) is 0 Å². The van der Waals surface area contributed by atoms with Crippen LogP contribution in [0.25, 0.3) is 0 Å². The van der Waals surface area contributed by atoms with Gasteiger partial charge in [0.2, 0.25) is 10.0 Å². The van der Waals surface area contributed by atoms with E-state index in [0.29, 0.717) is 18.8 Å². The summed E-state index contributed by atoms with van der Waals surface area (Å²) in [7, 11) is -3.48. The fraction of sp³-hybridized carbons (Fsp3) is 0.294. The average Bonchev–Trinajstić information content (AvgIpc) is 2.61. The van der Waals surface area contributed by atoms with Crippen LogP contribution in [0.4, 0.5) is 0 Å². The summed E-state index contributed by atoms with van der Waals surface area (Å²) in [6, 6.07) is 17.4. The highest BCUT2D eigenvalue weighted by Crippen LogP contribution is 2.08. The largest absolute Gasteiger partial charge is 0.491 e. The van der Waals surface area contributed by atoms with E-state index in [9.17, 15) is 13.5 Å². The lowest BCUT2D eigenvalue weighted by atomic mass is 10.3. The minimum atomic E-state index is -3.48. The molecule has 0 aliphatic rings. The zero-order chi connectivity index (χ0) is 17.3. The molecule has 2 rings (SSSR count). The maximum atomic E-state index is 12.0. The highest BCUT2D eigenvalue weighted by molar-refractivity contribution is 7.89.